The Labute approximate surface area is 233 Å². The zero-order valence-corrected chi connectivity index (χ0v) is 22.2. The first-order valence-corrected chi connectivity index (χ1v) is 12.6. The predicted molar refractivity (Wildman–Crippen MR) is 141 cm³/mol. The van der Waals surface area contributed by atoms with Crippen LogP contribution >= 0.6 is 11.6 Å². The molecule has 2 N–H and O–H groups in total. The smallest absolute Gasteiger partial charge is 0.472 e. The number of benzene rings is 3. The van der Waals surface area contributed by atoms with E-state index in [1.165, 1.54) is 35.2 Å². The van der Waals surface area contributed by atoms with E-state index in [4.69, 9.17) is 16.3 Å². The second-order valence-corrected chi connectivity index (χ2v) is 9.73. The molecule has 1 aliphatic heterocycles. The van der Waals surface area contributed by atoms with Crippen molar-refractivity contribution in [2.24, 2.45) is 5.92 Å². The Kier molecular flexibility index (Phi) is 8.53. The molecule has 3 aromatic rings. The van der Waals surface area contributed by atoms with Gasteiger partial charge in [-0.15, -0.1) is 13.2 Å². The van der Waals surface area contributed by atoms with E-state index < -0.39 is 23.9 Å². The lowest BCUT2D eigenvalue weighted by Crippen LogP contribution is -2.38. The number of ether oxygens (including phenoxy) is 2. The van der Waals surface area contributed by atoms with Gasteiger partial charge in [-0.05, 0) is 53.6 Å². The van der Waals surface area contributed by atoms with Gasteiger partial charge >= 0.3 is 6.36 Å². The number of anilines is 1. The average Bonchev–Trinajstić information content (AvgIpc) is 2.89. The number of nitrogens with zero attached hydrogens (tertiary/aromatic N) is 1. The van der Waals surface area contributed by atoms with Crippen molar-refractivity contribution in [3.63, 3.8) is 0 Å². The van der Waals surface area contributed by atoms with Gasteiger partial charge in [0.25, 0.3) is 11.8 Å². The number of carbonyl (C=O) groups excluding carboxylic acids is 3. The van der Waals surface area contributed by atoms with E-state index in [1.807, 2.05) is 0 Å². The predicted octanol–water partition coefficient (Wildman–Crippen LogP) is 5.76. The minimum Gasteiger partial charge on any atom is -0.472 e. The molecule has 0 saturated heterocycles. The number of nitrogens with one attached hydrogen (secondary N) is 2. The quantitative estimate of drug-likeness (QED) is 0.356. The van der Waals surface area contributed by atoms with Gasteiger partial charge in [-0.2, -0.15) is 0 Å². The number of hydrogen-bond acceptors (Lipinski definition) is 5. The zero-order valence-electron chi connectivity index (χ0n) is 21.5. The Morgan fingerprint density at radius 1 is 1.07 bits per heavy atom. The topological polar surface area (TPSA) is 97.0 Å². The van der Waals surface area contributed by atoms with Crippen molar-refractivity contribution in [3.05, 3.63) is 87.9 Å². The molecule has 0 aromatic heterocycles. The monoisotopic (exact) mass is 575 g/mol. The Balaban J connectivity index is 1.46. The first-order valence-electron chi connectivity index (χ1n) is 12.2. The van der Waals surface area contributed by atoms with Gasteiger partial charge < -0.3 is 25.0 Å². The standard InChI is InChI=1S/C28H25ClF3N3O5/c1-16(2)25(36)33-13-17-6-8-23(29)21(11-17)26(37)34-19-7-9-24-22(12-19)27(38)35(15-39-24)14-18-4-3-5-20(10-18)40-28(30,31)32/h3-12,16H,13-15H2,1-2H3,(H,33,36)(H,34,37). The van der Waals surface area contributed by atoms with Crippen LogP contribution in [0, 0.1) is 5.92 Å². The summed E-state index contributed by atoms with van der Waals surface area (Å²) in [5.41, 5.74) is 1.74. The molecule has 0 unspecified atom stereocenters. The summed E-state index contributed by atoms with van der Waals surface area (Å²) in [5, 5.41) is 5.70. The molecule has 0 saturated carbocycles. The van der Waals surface area contributed by atoms with Crippen LogP contribution in [0.3, 0.4) is 0 Å². The van der Waals surface area contributed by atoms with E-state index >= 15 is 0 Å². The third-order valence-corrected chi connectivity index (χ3v) is 6.23. The Morgan fingerprint density at radius 3 is 2.58 bits per heavy atom. The lowest BCUT2D eigenvalue weighted by Gasteiger charge is -2.29. The molecule has 3 aromatic carbocycles. The molecule has 0 spiro atoms. The van der Waals surface area contributed by atoms with Crippen LogP contribution in [0.25, 0.3) is 0 Å². The molecule has 0 fully saturated rings. The third kappa shape index (κ3) is 7.23. The molecular weight excluding hydrogens is 551 g/mol. The summed E-state index contributed by atoms with van der Waals surface area (Å²) in [6, 6.07) is 14.7. The number of alkyl halides is 3. The van der Waals surface area contributed by atoms with Crippen molar-refractivity contribution >= 4 is 35.0 Å². The van der Waals surface area contributed by atoms with Crippen LogP contribution in [-0.4, -0.2) is 35.7 Å². The van der Waals surface area contributed by atoms with Gasteiger partial charge in [0.15, 0.2) is 6.73 Å². The van der Waals surface area contributed by atoms with Gasteiger partial charge in [-0.1, -0.05) is 43.6 Å². The van der Waals surface area contributed by atoms with Crippen molar-refractivity contribution in [3.8, 4) is 11.5 Å². The molecule has 0 aliphatic carbocycles. The lowest BCUT2D eigenvalue weighted by molar-refractivity contribution is -0.274. The Hall–Kier alpha value is -4.25. The fourth-order valence-corrected chi connectivity index (χ4v) is 4.11. The molecule has 1 aliphatic rings. The highest BCUT2D eigenvalue weighted by Gasteiger charge is 2.31. The van der Waals surface area contributed by atoms with Crippen LogP contribution in [0.2, 0.25) is 5.02 Å². The molecule has 210 valence electrons. The van der Waals surface area contributed by atoms with Gasteiger partial charge in [0.2, 0.25) is 5.91 Å². The molecule has 0 atom stereocenters. The molecule has 1 heterocycles. The van der Waals surface area contributed by atoms with Crippen molar-refractivity contribution < 1.29 is 37.0 Å². The van der Waals surface area contributed by atoms with Gasteiger partial charge in [0.1, 0.15) is 11.5 Å². The first-order chi connectivity index (χ1) is 18.9. The summed E-state index contributed by atoms with van der Waals surface area (Å²) >= 11 is 6.25. The highest BCUT2D eigenvalue weighted by molar-refractivity contribution is 6.34. The summed E-state index contributed by atoms with van der Waals surface area (Å²) in [6.07, 6.45) is -4.84. The molecule has 4 rings (SSSR count). The van der Waals surface area contributed by atoms with Crippen LogP contribution in [0.15, 0.2) is 60.7 Å². The van der Waals surface area contributed by atoms with Crippen molar-refractivity contribution in [1.82, 2.24) is 10.2 Å². The first kappa shape index (κ1) is 28.8. The van der Waals surface area contributed by atoms with E-state index in [-0.39, 0.29) is 47.8 Å². The zero-order chi connectivity index (χ0) is 29.0. The molecule has 8 nitrogen and oxygen atoms in total. The fraction of sp³-hybridized carbons (Fsp3) is 0.250. The highest BCUT2D eigenvalue weighted by Crippen LogP contribution is 2.30. The summed E-state index contributed by atoms with van der Waals surface area (Å²) in [7, 11) is 0. The minimum atomic E-state index is -4.84. The number of hydrogen-bond donors (Lipinski definition) is 2. The van der Waals surface area contributed by atoms with Gasteiger partial charge in [0.05, 0.1) is 16.1 Å². The average molecular weight is 576 g/mol. The van der Waals surface area contributed by atoms with Gasteiger partial charge in [0, 0.05) is 24.7 Å². The summed E-state index contributed by atoms with van der Waals surface area (Å²) < 4.78 is 47.3. The largest absolute Gasteiger partial charge is 0.573 e. The van der Waals surface area contributed by atoms with E-state index in [0.29, 0.717) is 22.6 Å². The number of carbonyl (C=O) groups is 3. The number of fused-ring (bicyclic) bond motifs is 1. The Bertz CT molecular complexity index is 1440. The third-order valence-electron chi connectivity index (χ3n) is 5.90. The molecule has 40 heavy (non-hydrogen) atoms. The second-order valence-electron chi connectivity index (χ2n) is 9.32. The number of halogens is 4. The van der Waals surface area contributed by atoms with Crippen molar-refractivity contribution in [1.29, 1.82) is 0 Å². The SMILES string of the molecule is CC(C)C(=O)NCc1ccc(Cl)c(C(=O)Nc2ccc3c(c2)C(=O)N(Cc2cccc(OC(F)(F)F)c2)CO3)c1. The van der Waals surface area contributed by atoms with Crippen molar-refractivity contribution in [2.45, 2.75) is 33.3 Å². The molecular formula is C28H25ClF3N3O5. The van der Waals surface area contributed by atoms with Crippen LogP contribution in [0.5, 0.6) is 11.5 Å². The van der Waals surface area contributed by atoms with Gasteiger partial charge in [-0.25, -0.2) is 0 Å². The van der Waals surface area contributed by atoms with E-state index in [9.17, 15) is 27.6 Å². The van der Waals surface area contributed by atoms with E-state index in [1.54, 1.807) is 44.2 Å². The van der Waals surface area contributed by atoms with Crippen LogP contribution in [-0.2, 0) is 17.9 Å². The maximum absolute atomic E-state index is 13.2. The Morgan fingerprint density at radius 2 is 1.85 bits per heavy atom. The number of amides is 3. The summed E-state index contributed by atoms with van der Waals surface area (Å²) in [5.74, 6) is -1.36. The van der Waals surface area contributed by atoms with E-state index in [2.05, 4.69) is 15.4 Å². The van der Waals surface area contributed by atoms with Gasteiger partial charge in [-0.3, -0.25) is 14.4 Å². The second kappa shape index (κ2) is 11.9. The molecule has 12 heteroatoms. The number of rotatable bonds is 8. The minimum absolute atomic E-state index is 0.0281. The van der Waals surface area contributed by atoms with Crippen molar-refractivity contribution in [2.75, 3.05) is 12.0 Å². The maximum Gasteiger partial charge on any atom is 0.573 e. The lowest BCUT2D eigenvalue weighted by atomic mass is 10.1. The van der Waals surface area contributed by atoms with E-state index in [0.717, 1.165) is 0 Å². The summed E-state index contributed by atoms with van der Waals surface area (Å²) in [6.45, 7) is 3.63. The van der Waals surface area contributed by atoms with Crippen LogP contribution < -0.4 is 20.1 Å². The highest BCUT2D eigenvalue weighted by atomic mass is 35.5. The molecule has 0 bridgehead atoms. The summed E-state index contributed by atoms with van der Waals surface area (Å²) in [4.78, 5) is 39.4. The molecule has 0 radical (unpaired) electrons. The fourth-order valence-electron chi connectivity index (χ4n) is 3.90. The van der Waals surface area contributed by atoms with Crippen LogP contribution in [0.1, 0.15) is 45.7 Å². The maximum atomic E-state index is 13.2. The van der Waals surface area contributed by atoms with Crippen LogP contribution in [0.4, 0.5) is 18.9 Å². The normalized spacial score (nSPS) is 13.0. The molecule has 3 amide bonds.